The highest BCUT2D eigenvalue weighted by molar-refractivity contribution is 5.83. The van der Waals surface area contributed by atoms with Crippen molar-refractivity contribution in [3.05, 3.63) is 18.0 Å². The lowest BCUT2D eigenvalue weighted by atomic mass is 9.80. The number of rotatable bonds is 4. The molecule has 0 saturated heterocycles. The molecule has 3 unspecified atom stereocenters. The normalized spacial score (nSPS) is 28.1. The lowest BCUT2D eigenvalue weighted by Crippen LogP contribution is -2.44. The van der Waals surface area contributed by atoms with Crippen molar-refractivity contribution in [1.82, 2.24) is 20.4 Å². The molecule has 112 valence electrons. The van der Waals surface area contributed by atoms with Crippen molar-refractivity contribution in [3.63, 3.8) is 0 Å². The number of carbonyl (C=O) groups is 1. The molecule has 1 amide bonds. The third-order valence-corrected chi connectivity index (χ3v) is 4.13. The fraction of sp³-hybridized carbons (Fsp3) is 0.733. The number of amides is 1. The molecule has 0 aromatic carbocycles. The van der Waals surface area contributed by atoms with Gasteiger partial charge in [-0.15, -0.1) is 0 Å². The lowest BCUT2D eigenvalue weighted by molar-refractivity contribution is -0.124. The molecule has 1 heterocycles. The summed E-state index contributed by atoms with van der Waals surface area (Å²) in [5.74, 6) is 1.43. The molecule has 0 spiro atoms. The molecule has 5 heteroatoms. The highest BCUT2D eigenvalue weighted by Gasteiger charge is 2.28. The van der Waals surface area contributed by atoms with Crippen LogP contribution in [-0.4, -0.2) is 28.8 Å². The quantitative estimate of drug-likeness (QED) is 0.880. The molecule has 5 nitrogen and oxygen atoms in total. The molecule has 1 aromatic heterocycles. The minimum atomic E-state index is -0.323. The van der Waals surface area contributed by atoms with Crippen molar-refractivity contribution < 1.29 is 4.79 Å². The van der Waals surface area contributed by atoms with Crippen LogP contribution in [0, 0.1) is 11.8 Å². The number of hydrogen-bond acceptors (Lipinski definition) is 3. The Labute approximate surface area is 121 Å². The van der Waals surface area contributed by atoms with E-state index >= 15 is 0 Å². The van der Waals surface area contributed by atoms with Gasteiger partial charge in [0.15, 0.2) is 0 Å². The minimum absolute atomic E-state index is 0.0480. The van der Waals surface area contributed by atoms with E-state index in [1.807, 2.05) is 20.3 Å². The zero-order valence-corrected chi connectivity index (χ0v) is 12.9. The van der Waals surface area contributed by atoms with Gasteiger partial charge in [0.1, 0.15) is 6.04 Å². The molecule has 1 aromatic rings. The van der Waals surface area contributed by atoms with Gasteiger partial charge in [-0.3, -0.25) is 9.48 Å². The van der Waals surface area contributed by atoms with Crippen molar-refractivity contribution >= 4 is 5.91 Å². The van der Waals surface area contributed by atoms with Crippen LogP contribution >= 0.6 is 0 Å². The number of carbonyl (C=O) groups excluding carboxylic acids is 1. The van der Waals surface area contributed by atoms with Crippen LogP contribution in [-0.2, 0) is 11.8 Å². The van der Waals surface area contributed by atoms with Gasteiger partial charge < -0.3 is 10.6 Å². The maximum atomic E-state index is 12.5. The fourth-order valence-corrected chi connectivity index (χ4v) is 3.39. The summed E-state index contributed by atoms with van der Waals surface area (Å²) in [6.45, 7) is 4.54. The first-order chi connectivity index (χ1) is 9.49. The maximum Gasteiger partial charge on any atom is 0.242 e. The van der Waals surface area contributed by atoms with Gasteiger partial charge in [-0.2, -0.15) is 5.10 Å². The second-order valence-corrected chi connectivity index (χ2v) is 6.29. The molecule has 3 atom stereocenters. The van der Waals surface area contributed by atoms with Gasteiger partial charge >= 0.3 is 0 Å². The number of hydrogen-bond donors (Lipinski definition) is 2. The summed E-state index contributed by atoms with van der Waals surface area (Å²) < 4.78 is 1.72. The zero-order valence-electron chi connectivity index (χ0n) is 12.9. The van der Waals surface area contributed by atoms with Crippen molar-refractivity contribution in [2.45, 2.75) is 45.2 Å². The third kappa shape index (κ3) is 3.60. The monoisotopic (exact) mass is 278 g/mol. The summed E-state index contributed by atoms with van der Waals surface area (Å²) in [5, 5.41) is 10.4. The van der Waals surface area contributed by atoms with Gasteiger partial charge in [0.25, 0.3) is 0 Å². The van der Waals surface area contributed by atoms with Crippen molar-refractivity contribution in [1.29, 1.82) is 0 Å². The van der Waals surface area contributed by atoms with Crippen LogP contribution in [0.25, 0.3) is 0 Å². The first-order valence-corrected chi connectivity index (χ1v) is 7.45. The molecular formula is C15H26N4O. The van der Waals surface area contributed by atoms with E-state index < -0.39 is 0 Å². The summed E-state index contributed by atoms with van der Waals surface area (Å²) in [5.41, 5.74) is 0.907. The van der Waals surface area contributed by atoms with E-state index in [2.05, 4.69) is 29.6 Å². The lowest BCUT2D eigenvalue weighted by Gasteiger charge is -2.32. The van der Waals surface area contributed by atoms with E-state index in [0.717, 1.165) is 18.4 Å². The van der Waals surface area contributed by atoms with Gasteiger partial charge in [-0.1, -0.05) is 13.8 Å². The molecule has 1 aliphatic rings. The van der Waals surface area contributed by atoms with Crippen molar-refractivity contribution in [2.24, 2.45) is 18.9 Å². The summed E-state index contributed by atoms with van der Waals surface area (Å²) in [7, 11) is 3.67. The Morgan fingerprint density at radius 2 is 2.00 bits per heavy atom. The molecular weight excluding hydrogens is 252 g/mol. The molecule has 2 N–H and O–H groups in total. The highest BCUT2D eigenvalue weighted by atomic mass is 16.2. The average Bonchev–Trinajstić information content (AvgIpc) is 2.75. The smallest absolute Gasteiger partial charge is 0.242 e. The van der Waals surface area contributed by atoms with Crippen LogP contribution in [0.3, 0.4) is 0 Å². The molecule has 0 aliphatic heterocycles. The molecule has 1 aliphatic carbocycles. The predicted octanol–water partition coefficient (Wildman–Crippen LogP) is 1.62. The standard InChI is InChI=1S/C15H26N4O/c1-10-5-11(2)7-13(6-10)18-15(20)14(16-3)12-8-17-19(4)9-12/h8-11,13-14,16H,5-7H2,1-4H3,(H,18,20). The molecule has 0 radical (unpaired) electrons. The largest absolute Gasteiger partial charge is 0.352 e. The average molecular weight is 278 g/mol. The Kier molecular flexibility index (Phi) is 4.81. The second kappa shape index (κ2) is 6.39. The Hall–Kier alpha value is -1.36. The van der Waals surface area contributed by atoms with E-state index in [4.69, 9.17) is 0 Å². The van der Waals surface area contributed by atoms with Crippen LogP contribution in [0.15, 0.2) is 12.4 Å². The van der Waals surface area contributed by atoms with Crippen LogP contribution in [0.2, 0.25) is 0 Å². The number of nitrogens with zero attached hydrogens (tertiary/aromatic N) is 2. The van der Waals surface area contributed by atoms with E-state index in [9.17, 15) is 4.79 Å². The van der Waals surface area contributed by atoms with E-state index in [-0.39, 0.29) is 11.9 Å². The van der Waals surface area contributed by atoms with Crippen molar-refractivity contribution in [3.8, 4) is 0 Å². The Bertz CT molecular complexity index is 446. The van der Waals surface area contributed by atoms with Gasteiger partial charge in [-0.05, 0) is 38.1 Å². The highest BCUT2D eigenvalue weighted by Crippen LogP contribution is 2.28. The first kappa shape index (κ1) is 15.0. The van der Waals surface area contributed by atoms with E-state index in [0.29, 0.717) is 17.9 Å². The Morgan fingerprint density at radius 3 is 2.50 bits per heavy atom. The molecule has 20 heavy (non-hydrogen) atoms. The summed E-state index contributed by atoms with van der Waals surface area (Å²) in [4.78, 5) is 12.5. The van der Waals surface area contributed by atoms with Gasteiger partial charge in [-0.25, -0.2) is 0 Å². The van der Waals surface area contributed by atoms with E-state index in [1.54, 1.807) is 10.9 Å². The number of nitrogens with one attached hydrogen (secondary N) is 2. The number of likely N-dealkylation sites (N-methyl/N-ethyl adjacent to an activating group) is 1. The van der Waals surface area contributed by atoms with E-state index in [1.165, 1.54) is 6.42 Å². The van der Waals surface area contributed by atoms with Gasteiger partial charge in [0.05, 0.1) is 6.20 Å². The summed E-state index contributed by atoms with van der Waals surface area (Å²) >= 11 is 0. The summed E-state index contributed by atoms with van der Waals surface area (Å²) in [6.07, 6.45) is 7.06. The number of aryl methyl sites for hydroxylation is 1. The fourth-order valence-electron chi connectivity index (χ4n) is 3.39. The number of aromatic nitrogens is 2. The topological polar surface area (TPSA) is 59.0 Å². The second-order valence-electron chi connectivity index (χ2n) is 6.29. The molecule has 1 fully saturated rings. The Morgan fingerprint density at radius 1 is 1.35 bits per heavy atom. The maximum absolute atomic E-state index is 12.5. The minimum Gasteiger partial charge on any atom is -0.352 e. The molecule has 2 rings (SSSR count). The Balaban J connectivity index is 1.99. The first-order valence-electron chi connectivity index (χ1n) is 7.45. The molecule has 0 bridgehead atoms. The van der Waals surface area contributed by atoms with Gasteiger partial charge in [0, 0.05) is 24.8 Å². The zero-order chi connectivity index (χ0) is 14.7. The third-order valence-electron chi connectivity index (χ3n) is 4.13. The summed E-state index contributed by atoms with van der Waals surface area (Å²) in [6, 6.07) is -0.0231. The van der Waals surface area contributed by atoms with Crippen LogP contribution in [0.4, 0.5) is 0 Å². The predicted molar refractivity (Wildman–Crippen MR) is 79.1 cm³/mol. The van der Waals surface area contributed by atoms with Crippen molar-refractivity contribution in [2.75, 3.05) is 7.05 Å². The molecule has 1 saturated carbocycles. The van der Waals surface area contributed by atoms with Crippen LogP contribution in [0.5, 0.6) is 0 Å². The van der Waals surface area contributed by atoms with Crippen LogP contribution < -0.4 is 10.6 Å². The SMILES string of the molecule is CNC(C(=O)NC1CC(C)CC(C)C1)c1cnn(C)c1. The van der Waals surface area contributed by atoms with Gasteiger partial charge in [0.2, 0.25) is 5.91 Å². The van der Waals surface area contributed by atoms with Crippen LogP contribution in [0.1, 0.15) is 44.7 Å².